The maximum atomic E-state index is 4.49. The van der Waals surface area contributed by atoms with Crippen molar-refractivity contribution < 1.29 is 0 Å². The highest BCUT2D eigenvalue weighted by Gasteiger charge is 2.06. The van der Waals surface area contributed by atoms with Gasteiger partial charge in [0.1, 0.15) is 5.82 Å². The lowest BCUT2D eigenvalue weighted by molar-refractivity contribution is 0.574. The van der Waals surface area contributed by atoms with Gasteiger partial charge in [0.05, 0.1) is 23.6 Å². The van der Waals surface area contributed by atoms with Crippen LogP contribution in [0.3, 0.4) is 0 Å². The predicted molar refractivity (Wildman–Crippen MR) is 72.5 cm³/mol. The molecule has 0 unspecified atom stereocenters. The summed E-state index contributed by atoms with van der Waals surface area (Å²) >= 11 is 0. The second-order valence-corrected chi connectivity index (χ2v) is 4.65. The summed E-state index contributed by atoms with van der Waals surface area (Å²) in [7, 11) is 1.95. The zero-order valence-electron chi connectivity index (χ0n) is 11.6. The van der Waals surface area contributed by atoms with E-state index in [2.05, 4.69) is 33.2 Å². The van der Waals surface area contributed by atoms with Gasteiger partial charge in [0.25, 0.3) is 0 Å². The lowest BCUT2D eigenvalue weighted by Gasteiger charge is -2.08. The fourth-order valence-corrected chi connectivity index (χ4v) is 2.10. The first-order valence-electron chi connectivity index (χ1n) is 6.38. The molecule has 5 heteroatoms. The smallest absolute Gasteiger partial charge is 0.124 e. The Hall–Kier alpha value is -1.78. The highest BCUT2D eigenvalue weighted by Crippen LogP contribution is 2.11. The molecule has 2 rings (SSSR count). The Morgan fingerprint density at radius 2 is 1.89 bits per heavy atom. The third-order valence-electron chi connectivity index (χ3n) is 2.87. The molecule has 0 amide bonds. The van der Waals surface area contributed by atoms with Crippen molar-refractivity contribution in [2.24, 2.45) is 7.05 Å². The largest absolute Gasteiger partial charge is 0.365 e. The number of hydrogen-bond donors (Lipinski definition) is 1. The van der Waals surface area contributed by atoms with Crippen LogP contribution in [0.5, 0.6) is 0 Å². The molecule has 0 spiro atoms. The monoisotopic (exact) mass is 247 g/mol. The highest BCUT2D eigenvalue weighted by molar-refractivity contribution is 5.37. The van der Waals surface area contributed by atoms with Gasteiger partial charge in [0, 0.05) is 19.7 Å². The molecule has 0 aliphatic heterocycles. The molecule has 0 bridgehead atoms. The minimum atomic E-state index is 0.778. The maximum Gasteiger partial charge on any atom is 0.124 e. The summed E-state index contributed by atoms with van der Waals surface area (Å²) in [6, 6.07) is 4.18. The van der Waals surface area contributed by atoms with Gasteiger partial charge in [0.15, 0.2) is 0 Å². The number of nitrogens with one attached hydrogen (secondary N) is 1. The molecule has 2 heterocycles. The number of aromatic nitrogens is 4. The molecule has 0 radical (unpaired) electrons. The van der Waals surface area contributed by atoms with Crippen LogP contribution in [0.25, 0.3) is 0 Å². The molecule has 0 saturated carbocycles. The number of anilines is 1. The van der Waals surface area contributed by atoms with Crippen LogP contribution in [0.4, 0.5) is 5.82 Å². The van der Waals surface area contributed by atoms with E-state index in [4.69, 9.17) is 0 Å². The van der Waals surface area contributed by atoms with Crippen molar-refractivity contribution >= 4 is 5.82 Å². The first-order chi connectivity index (χ1) is 8.60. The van der Waals surface area contributed by atoms with Gasteiger partial charge in [-0.3, -0.25) is 9.36 Å². The molecule has 0 aliphatic carbocycles. The van der Waals surface area contributed by atoms with Crippen molar-refractivity contribution in [1.82, 2.24) is 19.6 Å². The molecule has 0 aromatic carbocycles. The first-order valence-corrected chi connectivity index (χ1v) is 6.38. The summed E-state index contributed by atoms with van der Waals surface area (Å²) in [5, 5.41) is 12.2. The van der Waals surface area contributed by atoms with E-state index in [0.717, 1.165) is 36.7 Å². The Labute approximate surface area is 108 Å². The molecule has 0 atom stereocenters. The van der Waals surface area contributed by atoms with E-state index in [1.54, 1.807) is 0 Å². The van der Waals surface area contributed by atoms with Gasteiger partial charge in [-0.2, -0.15) is 10.2 Å². The standard InChI is InChI=1S/C13H21N5/c1-5-6-18-12(7-10(2)16-18)9-14-13-8-11(3)15-17(13)4/h7-8,14H,5-6,9H2,1-4H3. The topological polar surface area (TPSA) is 47.7 Å². The summed E-state index contributed by atoms with van der Waals surface area (Å²) in [6.45, 7) is 7.94. The van der Waals surface area contributed by atoms with Gasteiger partial charge >= 0.3 is 0 Å². The Balaban J connectivity index is 2.07. The highest BCUT2D eigenvalue weighted by atomic mass is 15.3. The van der Waals surface area contributed by atoms with E-state index in [-0.39, 0.29) is 0 Å². The van der Waals surface area contributed by atoms with Crippen LogP contribution < -0.4 is 5.32 Å². The Bertz CT molecular complexity index is 523. The van der Waals surface area contributed by atoms with Crippen LogP contribution >= 0.6 is 0 Å². The van der Waals surface area contributed by atoms with Gasteiger partial charge in [-0.15, -0.1) is 0 Å². The molecule has 18 heavy (non-hydrogen) atoms. The van der Waals surface area contributed by atoms with Crippen LogP contribution in [0.1, 0.15) is 30.4 Å². The Kier molecular flexibility index (Phi) is 3.69. The number of aryl methyl sites for hydroxylation is 4. The van der Waals surface area contributed by atoms with Crippen LogP contribution in [-0.2, 0) is 20.1 Å². The lowest BCUT2D eigenvalue weighted by atomic mass is 10.3. The summed E-state index contributed by atoms with van der Waals surface area (Å²) in [6.07, 6.45) is 1.10. The normalized spacial score (nSPS) is 10.9. The molecule has 5 nitrogen and oxygen atoms in total. The molecule has 2 aromatic rings. The van der Waals surface area contributed by atoms with Gasteiger partial charge in [0.2, 0.25) is 0 Å². The summed E-state index contributed by atoms with van der Waals surface area (Å²) in [5.74, 6) is 1.04. The van der Waals surface area contributed by atoms with Crippen LogP contribution in [0, 0.1) is 13.8 Å². The second kappa shape index (κ2) is 5.25. The molecule has 0 saturated heterocycles. The average Bonchev–Trinajstić information content (AvgIpc) is 2.80. The van der Waals surface area contributed by atoms with E-state index in [0.29, 0.717) is 0 Å². The van der Waals surface area contributed by atoms with Crippen LogP contribution in [-0.4, -0.2) is 19.6 Å². The van der Waals surface area contributed by atoms with Gasteiger partial charge in [-0.1, -0.05) is 6.92 Å². The molecular weight excluding hydrogens is 226 g/mol. The van der Waals surface area contributed by atoms with Crippen molar-refractivity contribution in [2.45, 2.75) is 40.3 Å². The van der Waals surface area contributed by atoms with Crippen molar-refractivity contribution in [3.05, 3.63) is 29.2 Å². The predicted octanol–water partition coefficient (Wildman–Crippen LogP) is 2.26. The van der Waals surface area contributed by atoms with Crippen molar-refractivity contribution in [2.75, 3.05) is 5.32 Å². The fourth-order valence-electron chi connectivity index (χ4n) is 2.10. The third-order valence-corrected chi connectivity index (χ3v) is 2.87. The van der Waals surface area contributed by atoms with E-state index >= 15 is 0 Å². The van der Waals surface area contributed by atoms with Gasteiger partial charge < -0.3 is 5.32 Å². The molecule has 2 aromatic heterocycles. The van der Waals surface area contributed by atoms with Crippen molar-refractivity contribution in [3.63, 3.8) is 0 Å². The molecular formula is C13H21N5. The zero-order valence-corrected chi connectivity index (χ0v) is 11.6. The van der Waals surface area contributed by atoms with Crippen molar-refractivity contribution in [3.8, 4) is 0 Å². The van der Waals surface area contributed by atoms with Crippen molar-refractivity contribution in [1.29, 1.82) is 0 Å². The molecule has 0 aliphatic rings. The number of rotatable bonds is 5. The van der Waals surface area contributed by atoms with Gasteiger partial charge in [-0.25, -0.2) is 0 Å². The molecule has 1 N–H and O–H groups in total. The summed E-state index contributed by atoms with van der Waals surface area (Å²) in [5.41, 5.74) is 3.31. The molecule has 0 fully saturated rings. The quantitative estimate of drug-likeness (QED) is 0.881. The Morgan fingerprint density at radius 3 is 2.50 bits per heavy atom. The third kappa shape index (κ3) is 2.72. The Morgan fingerprint density at radius 1 is 1.17 bits per heavy atom. The lowest BCUT2D eigenvalue weighted by Crippen LogP contribution is -2.10. The second-order valence-electron chi connectivity index (χ2n) is 4.65. The zero-order chi connectivity index (χ0) is 13.1. The molecule has 98 valence electrons. The maximum absolute atomic E-state index is 4.49. The van der Waals surface area contributed by atoms with E-state index in [1.807, 2.05) is 31.6 Å². The minimum Gasteiger partial charge on any atom is -0.365 e. The fraction of sp³-hybridized carbons (Fsp3) is 0.538. The minimum absolute atomic E-state index is 0.778. The summed E-state index contributed by atoms with van der Waals surface area (Å²) < 4.78 is 3.94. The SMILES string of the molecule is CCCn1nc(C)cc1CNc1cc(C)nn1C. The van der Waals surface area contributed by atoms with Crippen LogP contribution in [0.2, 0.25) is 0 Å². The average molecular weight is 247 g/mol. The van der Waals surface area contributed by atoms with E-state index in [9.17, 15) is 0 Å². The summed E-state index contributed by atoms with van der Waals surface area (Å²) in [4.78, 5) is 0. The number of hydrogen-bond acceptors (Lipinski definition) is 3. The van der Waals surface area contributed by atoms with Crippen LogP contribution in [0.15, 0.2) is 12.1 Å². The van der Waals surface area contributed by atoms with E-state index in [1.165, 1.54) is 5.69 Å². The van der Waals surface area contributed by atoms with E-state index < -0.39 is 0 Å². The van der Waals surface area contributed by atoms with Gasteiger partial charge in [-0.05, 0) is 26.3 Å². The first kappa shape index (κ1) is 12.7. The number of nitrogens with zero attached hydrogens (tertiary/aromatic N) is 4.